The highest BCUT2D eigenvalue weighted by Crippen LogP contribution is 2.57. The minimum Gasteiger partial charge on any atom is -0.208 e. The van der Waals surface area contributed by atoms with Gasteiger partial charge in [-0.15, -0.1) is 22.7 Å². The van der Waals surface area contributed by atoms with Crippen molar-refractivity contribution in [2.24, 2.45) is 0 Å². The summed E-state index contributed by atoms with van der Waals surface area (Å²) in [4.78, 5) is 31.4. The Bertz CT molecular complexity index is 4000. The minimum absolute atomic E-state index is 0.0155. The van der Waals surface area contributed by atoms with E-state index in [9.17, 15) is 0 Å². The predicted octanol–water partition coefficient (Wildman–Crippen LogP) is 15.8. The van der Waals surface area contributed by atoms with Crippen LogP contribution in [0.3, 0.4) is 0 Å². The summed E-state index contributed by atoms with van der Waals surface area (Å²) in [5, 5.41) is 4.92. The quantitative estimate of drug-likeness (QED) is 0.165. The fraction of sp³-hybridized carbons (Fsp3) is 0.0323. The highest BCUT2D eigenvalue weighted by molar-refractivity contribution is 7.26. The van der Waals surface area contributed by atoms with Crippen LogP contribution in [0.15, 0.2) is 206 Å². The molecule has 0 aliphatic heterocycles. The molecule has 4 aromatic heterocycles. The maximum Gasteiger partial charge on any atom is 0.165 e. The Hall–Kier alpha value is -8.56. The summed E-state index contributed by atoms with van der Waals surface area (Å²) in [6, 6.07) is 73.3. The van der Waals surface area contributed by atoms with Crippen LogP contribution in [0.1, 0.15) is 45.2 Å². The molecule has 3 aliphatic carbocycles. The molecule has 70 heavy (non-hydrogen) atoms. The van der Waals surface area contributed by atoms with Gasteiger partial charge in [0.05, 0.1) is 0 Å². The Labute approximate surface area is 410 Å². The van der Waals surface area contributed by atoms with Crippen molar-refractivity contribution >= 4 is 63.0 Å². The van der Waals surface area contributed by atoms with Gasteiger partial charge in [-0.25, -0.2) is 29.9 Å². The Balaban J connectivity index is 0.874. The molecular formula is C62H36N6S2. The molecule has 3 aliphatic rings. The van der Waals surface area contributed by atoms with Crippen molar-refractivity contribution in [3.63, 3.8) is 0 Å². The molecular weight excluding hydrogens is 893 g/mol. The highest BCUT2D eigenvalue weighted by atomic mass is 32.1. The van der Waals surface area contributed by atoms with E-state index in [0.717, 1.165) is 33.4 Å². The van der Waals surface area contributed by atoms with Crippen LogP contribution in [0, 0.1) is 0 Å². The van der Waals surface area contributed by atoms with E-state index in [4.69, 9.17) is 29.9 Å². The Morgan fingerprint density at radius 3 is 1.07 bits per heavy atom. The van der Waals surface area contributed by atoms with Crippen LogP contribution in [0.25, 0.3) is 109 Å². The van der Waals surface area contributed by atoms with Gasteiger partial charge < -0.3 is 0 Å². The van der Waals surface area contributed by atoms with Crippen molar-refractivity contribution in [1.29, 1.82) is 0 Å². The summed E-state index contributed by atoms with van der Waals surface area (Å²) in [7, 11) is 0. The van der Waals surface area contributed by atoms with Gasteiger partial charge in [-0.1, -0.05) is 170 Å². The monoisotopic (exact) mass is 928 g/mol. The lowest BCUT2D eigenvalue weighted by Gasteiger charge is -2.42. The third-order valence-corrected chi connectivity index (χ3v) is 16.6. The molecule has 0 saturated heterocycles. The van der Waals surface area contributed by atoms with Crippen LogP contribution in [-0.4, -0.2) is 29.9 Å². The normalized spacial score (nSPS) is 14.6. The van der Waals surface area contributed by atoms with Gasteiger partial charge in [0, 0.05) is 85.6 Å². The lowest BCUT2D eigenvalue weighted by molar-refractivity contribution is 0.754. The molecule has 4 heterocycles. The summed E-state index contributed by atoms with van der Waals surface area (Å²) in [6.45, 7) is 0. The van der Waals surface area contributed by atoms with Crippen LogP contribution >= 0.6 is 22.7 Å². The average Bonchev–Trinajstić information content (AvgIpc) is 4.02. The smallest absolute Gasteiger partial charge is 0.165 e. The summed E-state index contributed by atoms with van der Waals surface area (Å²) >= 11 is 3.58. The van der Waals surface area contributed by atoms with Crippen LogP contribution < -0.4 is 0 Å². The van der Waals surface area contributed by atoms with Gasteiger partial charge in [0.25, 0.3) is 0 Å². The molecule has 2 atom stereocenters. The molecule has 2 bridgehead atoms. The van der Waals surface area contributed by atoms with Crippen LogP contribution in [0.4, 0.5) is 0 Å². The maximum atomic E-state index is 5.32. The zero-order valence-corrected chi connectivity index (χ0v) is 38.9. The summed E-state index contributed by atoms with van der Waals surface area (Å²) < 4.78 is 4.84. The summed E-state index contributed by atoms with van der Waals surface area (Å²) in [6.07, 6.45) is 0. The van der Waals surface area contributed by atoms with Gasteiger partial charge in [0.15, 0.2) is 34.9 Å². The number of aromatic nitrogens is 6. The second kappa shape index (κ2) is 15.5. The fourth-order valence-electron chi connectivity index (χ4n) is 11.0. The molecule has 0 N–H and O–H groups in total. The number of rotatable bonds is 6. The van der Waals surface area contributed by atoms with Gasteiger partial charge in [-0.05, 0) is 69.8 Å². The third kappa shape index (κ3) is 6.10. The maximum absolute atomic E-state index is 5.32. The third-order valence-electron chi connectivity index (χ3n) is 14.2. The number of fused-ring (bicyclic) bond motifs is 6. The van der Waals surface area contributed by atoms with E-state index in [1.807, 2.05) is 36.4 Å². The predicted molar refractivity (Wildman–Crippen MR) is 286 cm³/mol. The van der Waals surface area contributed by atoms with Gasteiger partial charge in [-0.3, -0.25) is 0 Å². The number of benzene rings is 9. The van der Waals surface area contributed by atoms with Crippen molar-refractivity contribution in [2.45, 2.75) is 11.8 Å². The molecule has 326 valence electrons. The zero-order chi connectivity index (χ0) is 45.9. The van der Waals surface area contributed by atoms with Crippen molar-refractivity contribution in [3.8, 4) is 68.3 Å². The number of thiophene rings is 2. The summed E-state index contributed by atoms with van der Waals surface area (Å²) in [5.41, 5.74) is 13.7. The first-order valence-electron chi connectivity index (χ1n) is 23.5. The SMILES string of the molecule is c1ccc(-c2nc(-c3ccc4c(c3)C3c5ccccc5C4c4cc(-c5nc(-c6ccccc6)nc(-c6cccc7c6sc6ccccc67)n5)ccc43)nc(-c3cccc4c3sc3ccccc34)n2)cc1. The highest BCUT2D eigenvalue weighted by Gasteiger charge is 2.41. The number of hydrogen-bond donors (Lipinski definition) is 0. The van der Waals surface area contributed by atoms with Crippen LogP contribution in [-0.2, 0) is 0 Å². The first-order valence-corrected chi connectivity index (χ1v) is 25.1. The molecule has 9 aromatic carbocycles. The van der Waals surface area contributed by atoms with Crippen molar-refractivity contribution in [3.05, 3.63) is 240 Å². The lowest BCUT2D eigenvalue weighted by atomic mass is 9.61. The first kappa shape index (κ1) is 39.4. The van der Waals surface area contributed by atoms with Gasteiger partial charge >= 0.3 is 0 Å². The van der Waals surface area contributed by atoms with E-state index in [2.05, 4.69) is 170 Å². The molecule has 16 rings (SSSR count). The molecule has 8 heteroatoms. The van der Waals surface area contributed by atoms with Crippen LogP contribution in [0.2, 0.25) is 0 Å². The minimum atomic E-state index is 0.0155. The molecule has 13 aromatic rings. The first-order chi connectivity index (χ1) is 34.7. The van der Waals surface area contributed by atoms with Crippen molar-refractivity contribution in [1.82, 2.24) is 29.9 Å². The van der Waals surface area contributed by atoms with Gasteiger partial charge in [-0.2, -0.15) is 0 Å². The van der Waals surface area contributed by atoms with E-state index in [0.29, 0.717) is 34.9 Å². The Kier molecular flexibility index (Phi) is 8.72. The second-order valence-electron chi connectivity index (χ2n) is 18.1. The van der Waals surface area contributed by atoms with E-state index in [1.165, 1.54) is 73.7 Å². The Morgan fingerprint density at radius 1 is 0.257 bits per heavy atom. The molecule has 0 spiro atoms. The molecule has 0 fully saturated rings. The van der Waals surface area contributed by atoms with E-state index >= 15 is 0 Å². The Morgan fingerprint density at radius 2 is 0.614 bits per heavy atom. The zero-order valence-electron chi connectivity index (χ0n) is 37.3. The van der Waals surface area contributed by atoms with Crippen molar-refractivity contribution < 1.29 is 0 Å². The molecule has 0 saturated carbocycles. The van der Waals surface area contributed by atoms with Crippen molar-refractivity contribution in [2.75, 3.05) is 0 Å². The lowest BCUT2D eigenvalue weighted by Crippen LogP contribution is -2.27. The molecule has 6 nitrogen and oxygen atoms in total. The number of hydrogen-bond acceptors (Lipinski definition) is 8. The van der Waals surface area contributed by atoms with Crippen LogP contribution in [0.5, 0.6) is 0 Å². The standard InChI is InChI=1S/C62H36N6S2/c1-3-15-35(16-4-1)57-63-59(67-61(65-57)47-25-13-23-45-39-19-9-11-27-51(39)69-55(45)47)37-29-31-43-49(33-37)53-41-21-7-8-22-42(41)54(43)50-34-38(30-32-44(50)53)60-64-58(36-17-5-2-6-18-36)66-62(68-60)48-26-14-24-46-40-20-10-12-28-52(40)70-56(46)48/h1-34,53-54H. The molecule has 2 unspecified atom stereocenters. The van der Waals surface area contributed by atoms with E-state index in [1.54, 1.807) is 22.7 Å². The van der Waals surface area contributed by atoms with Gasteiger partial charge in [0.1, 0.15) is 0 Å². The second-order valence-corrected chi connectivity index (χ2v) is 20.2. The number of nitrogens with zero attached hydrogens (tertiary/aromatic N) is 6. The fourth-order valence-corrected chi connectivity index (χ4v) is 13.4. The molecule has 0 radical (unpaired) electrons. The van der Waals surface area contributed by atoms with E-state index in [-0.39, 0.29) is 11.8 Å². The summed E-state index contributed by atoms with van der Waals surface area (Å²) in [5.74, 6) is 3.98. The topological polar surface area (TPSA) is 77.3 Å². The largest absolute Gasteiger partial charge is 0.208 e. The molecule has 0 amide bonds. The van der Waals surface area contributed by atoms with Gasteiger partial charge in [0.2, 0.25) is 0 Å². The average molecular weight is 929 g/mol. The van der Waals surface area contributed by atoms with E-state index < -0.39 is 0 Å².